The number of hydrogen-bond acceptors (Lipinski definition) is 3. The molecule has 1 fully saturated rings. The maximum Gasteiger partial charge on any atom is 0.229 e. The average molecular weight is 313 g/mol. The Bertz CT molecular complexity index is 704. The average Bonchev–Trinajstić information content (AvgIpc) is 2.92. The van der Waals surface area contributed by atoms with Crippen molar-refractivity contribution in [2.24, 2.45) is 5.92 Å². The van der Waals surface area contributed by atoms with Crippen molar-refractivity contribution < 1.29 is 14.0 Å². The van der Waals surface area contributed by atoms with Crippen LogP contribution in [0.5, 0.6) is 0 Å². The third-order valence-electron chi connectivity index (χ3n) is 3.78. The maximum absolute atomic E-state index is 12.9. The molecule has 1 atom stereocenters. The van der Waals surface area contributed by atoms with Crippen LogP contribution in [-0.2, 0) is 16.1 Å². The van der Waals surface area contributed by atoms with E-state index < -0.39 is 5.92 Å². The first-order valence-electron chi connectivity index (χ1n) is 7.36. The summed E-state index contributed by atoms with van der Waals surface area (Å²) in [6, 6.07) is 11.1. The predicted molar refractivity (Wildman–Crippen MR) is 82.8 cm³/mol. The van der Waals surface area contributed by atoms with Gasteiger partial charge in [0.2, 0.25) is 11.8 Å². The van der Waals surface area contributed by atoms with Crippen LogP contribution in [0.4, 0.5) is 10.1 Å². The minimum absolute atomic E-state index is 0.0603. The van der Waals surface area contributed by atoms with Crippen molar-refractivity contribution in [1.82, 2.24) is 9.88 Å². The van der Waals surface area contributed by atoms with Crippen LogP contribution in [0.1, 0.15) is 12.1 Å². The zero-order valence-corrected chi connectivity index (χ0v) is 12.4. The summed E-state index contributed by atoms with van der Waals surface area (Å²) in [7, 11) is 0. The van der Waals surface area contributed by atoms with Crippen molar-refractivity contribution in [2.75, 3.05) is 11.9 Å². The van der Waals surface area contributed by atoms with Crippen molar-refractivity contribution in [3.05, 3.63) is 60.2 Å². The van der Waals surface area contributed by atoms with E-state index in [1.807, 2.05) is 18.2 Å². The Balaban J connectivity index is 1.60. The number of amides is 2. The summed E-state index contributed by atoms with van der Waals surface area (Å²) in [6.07, 6.45) is 1.86. The molecule has 2 heterocycles. The molecule has 2 aromatic rings. The number of carbonyl (C=O) groups is 2. The lowest BCUT2D eigenvalue weighted by atomic mass is 10.1. The number of carbonyl (C=O) groups excluding carboxylic acids is 2. The van der Waals surface area contributed by atoms with Crippen LogP contribution in [0.3, 0.4) is 0 Å². The number of likely N-dealkylation sites (tertiary alicyclic amines) is 1. The lowest BCUT2D eigenvalue weighted by molar-refractivity contribution is -0.128. The van der Waals surface area contributed by atoms with Crippen molar-refractivity contribution >= 4 is 17.5 Å². The van der Waals surface area contributed by atoms with E-state index in [0.29, 0.717) is 18.8 Å². The molecule has 1 aromatic heterocycles. The Morgan fingerprint density at radius 2 is 2.04 bits per heavy atom. The molecule has 23 heavy (non-hydrogen) atoms. The van der Waals surface area contributed by atoms with Gasteiger partial charge in [0.15, 0.2) is 0 Å². The summed E-state index contributed by atoms with van der Waals surface area (Å²) in [6.45, 7) is 0.766. The minimum atomic E-state index is -0.406. The Labute approximate surface area is 133 Å². The predicted octanol–water partition coefficient (Wildman–Crippen LogP) is 2.21. The number of benzene rings is 1. The highest BCUT2D eigenvalue weighted by Gasteiger charge is 2.34. The summed E-state index contributed by atoms with van der Waals surface area (Å²) >= 11 is 0. The van der Waals surface area contributed by atoms with Crippen LogP contribution in [0, 0.1) is 11.7 Å². The molecule has 118 valence electrons. The lowest BCUT2D eigenvalue weighted by Crippen LogP contribution is -2.28. The molecule has 1 aliphatic heterocycles. The molecule has 1 aliphatic rings. The molecular formula is C17H16FN3O2. The van der Waals surface area contributed by atoms with E-state index in [0.717, 1.165) is 5.69 Å². The molecule has 3 rings (SSSR count). The fourth-order valence-corrected chi connectivity index (χ4v) is 2.57. The summed E-state index contributed by atoms with van der Waals surface area (Å²) in [5.41, 5.74) is 1.31. The highest BCUT2D eigenvalue weighted by atomic mass is 19.1. The quantitative estimate of drug-likeness (QED) is 0.941. The second kappa shape index (κ2) is 6.56. The molecule has 0 unspecified atom stereocenters. The van der Waals surface area contributed by atoms with Crippen LogP contribution in [-0.4, -0.2) is 28.2 Å². The first kappa shape index (κ1) is 15.1. The number of hydrogen-bond donors (Lipinski definition) is 1. The zero-order chi connectivity index (χ0) is 16.2. The van der Waals surface area contributed by atoms with Gasteiger partial charge in [0.25, 0.3) is 0 Å². The summed E-state index contributed by atoms with van der Waals surface area (Å²) in [5.74, 6) is -1.06. The van der Waals surface area contributed by atoms with E-state index in [9.17, 15) is 14.0 Å². The molecule has 0 radical (unpaired) electrons. The van der Waals surface area contributed by atoms with E-state index in [1.54, 1.807) is 11.1 Å². The number of nitrogens with zero attached hydrogens (tertiary/aromatic N) is 2. The molecule has 0 aliphatic carbocycles. The van der Waals surface area contributed by atoms with E-state index in [1.165, 1.54) is 24.3 Å². The van der Waals surface area contributed by atoms with E-state index >= 15 is 0 Å². The van der Waals surface area contributed by atoms with E-state index in [-0.39, 0.29) is 24.1 Å². The SMILES string of the molecule is O=C(Nc1ccc(F)cc1)[C@H]1CC(=O)N(Cc2ccccn2)C1. The standard InChI is InChI=1S/C17H16FN3O2/c18-13-4-6-14(7-5-13)20-17(23)12-9-16(22)21(10-12)11-15-3-1-2-8-19-15/h1-8,12H,9-11H2,(H,20,23)/t12-/m0/s1. The minimum Gasteiger partial charge on any atom is -0.336 e. The van der Waals surface area contributed by atoms with Gasteiger partial charge in [0.05, 0.1) is 18.2 Å². The summed E-state index contributed by atoms with van der Waals surface area (Å²) < 4.78 is 12.9. The van der Waals surface area contributed by atoms with Crippen molar-refractivity contribution in [3.63, 3.8) is 0 Å². The first-order valence-corrected chi connectivity index (χ1v) is 7.36. The van der Waals surface area contributed by atoms with Gasteiger partial charge in [-0.3, -0.25) is 14.6 Å². The van der Waals surface area contributed by atoms with Gasteiger partial charge in [0.1, 0.15) is 5.82 Å². The Morgan fingerprint density at radius 1 is 1.26 bits per heavy atom. The number of pyridine rings is 1. The number of halogens is 1. The molecule has 1 saturated heterocycles. The van der Waals surface area contributed by atoms with Gasteiger partial charge in [-0.05, 0) is 36.4 Å². The van der Waals surface area contributed by atoms with Gasteiger partial charge in [0, 0.05) is 24.8 Å². The van der Waals surface area contributed by atoms with Crippen LogP contribution in [0.15, 0.2) is 48.7 Å². The molecule has 5 nitrogen and oxygen atoms in total. The number of rotatable bonds is 4. The fourth-order valence-electron chi connectivity index (χ4n) is 2.57. The first-order chi connectivity index (χ1) is 11.1. The van der Waals surface area contributed by atoms with Crippen LogP contribution >= 0.6 is 0 Å². The Morgan fingerprint density at radius 3 is 2.74 bits per heavy atom. The Hall–Kier alpha value is -2.76. The van der Waals surface area contributed by atoms with Gasteiger partial charge >= 0.3 is 0 Å². The maximum atomic E-state index is 12.9. The van der Waals surface area contributed by atoms with Gasteiger partial charge in [-0.2, -0.15) is 0 Å². The smallest absolute Gasteiger partial charge is 0.229 e. The van der Waals surface area contributed by atoms with Crippen molar-refractivity contribution in [2.45, 2.75) is 13.0 Å². The second-order valence-electron chi connectivity index (χ2n) is 5.49. The second-order valence-corrected chi connectivity index (χ2v) is 5.49. The molecule has 0 saturated carbocycles. The largest absolute Gasteiger partial charge is 0.336 e. The molecule has 1 N–H and O–H groups in total. The van der Waals surface area contributed by atoms with Crippen LogP contribution in [0.2, 0.25) is 0 Å². The van der Waals surface area contributed by atoms with Gasteiger partial charge in [-0.25, -0.2) is 4.39 Å². The van der Waals surface area contributed by atoms with Gasteiger partial charge in [-0.15, -0.1) is 0 Å². The molecular weight excluding hydrogens is 297 g/mol. The topological polar surface area (TPSA) is 62.3 Å². The van der Waals surface area contributed by atoms with E-state index in [4.69, 9.17) is 0 Å². The van der Waals surface area contributed by atoms with Crippen molar-refractivity contribution in [1.29, 1.82) is 0 Å². The normalized spacial score (nSPS) is 17.3. The zero-order valence-electron chi connectivity index (χ0n) is 12.4. The molecule has 0 bridgehead atoms. The van der Waals surface area contributed by atoms with E-state index in [2.05, 4.69) is 10.3 Å². The third kappa shape index (κ3) is 3.71. The fraction of sp³-hybridized carbons (Fsp3) is 0.235. The number of anilines is 1. The molecule has 0 spiro atoms. The van der Waals surface area contributed by atoms with Crippen LogP contribution in [0.25, 0.3) is 0 Å². The number of nitrogens with one attached hydrogen (secondary N) is 1. The van der Waals surface area contributed by atoms with Crippen molar-refractivity contribution in [3.8, 4) is 0 Å². The monoisotopic (exact) mass is 313 g/mol. The summed E-state index contributed by atoms with van der Waals surface area (Å²) in [4.78, 5) is 30.1. The molecule has 1 aromatic carbocycles. The molecule has 2 amide bonds. The lowest BCUT2D eigenvalue weighted by Gasteiger charge is -2.16. The van der Waals surface area contributed by atoms with Gasteiger partial charge < -0.3 is 10.2 Å². The Kier molecular flexibility index (Phi) is 4.32. The molecule has 6 heteroatoms. The number of aromatic nitrogens is 1. The third-order valence-corrected chi connectivity index (χ3v) is 3.78. The van der Waals surface area contributed by atoms with Crippen LogP contribution < -0.4 is 5.32 Å². The summed E-state index contributed by atoms with van der Waals surface area (Å²) in [5, 5.41) is 2.72. The highest BCUT2D eigenvalue weighted by molar-refractivity contribution is 5.97. The van der Waals surface area contributed by atoms with Gasteiger partial charge in [-0.1, -0.05) is 6.07 Å². The highest BCUT2D eigenvalue weighted by Crippen LogP contribution is 2.21.